The molecule has 5 atom stereocenters. The molecule has 0 aliphatic carbocycles. The summed E-state index contributed by atoms with van der Waals surface area (Å²) in [6.45, 7) is 7.69. The van der Waals surface area contributed by atoms with Gasteiger partial charge in [0.1, 0.15) is 6.10 Å². The molecule has 0 aromatic heterocycles. The molecular formula is C25H34NO15P. The number of benzene rings is 1. The number of ether oxygens (including phenoxy) is 6. The zero-order chi connectivity index (χ0) is 31.6. The maximum Gasteiger partial charge on any atom is 0.330 e. The molecule has 0 N–H and O–H groups in total. The Morgan fingerprint density at radius 2 is 1.40 bits per heavy atom. The zero-order valence-corrected chi connectivity index (χ0v) is 24.9. The molecular weight excluding hydrogens is 585 g/mol. The second-order valence-electron chi connectivity index (χ2n) is 8.82. The summed E-state index contributed by atoms with van der Waals surface area (Å²) in [5, 5.41) is 11.3. The molecule has 42 heavy (non-hydrogen) atoms. The number of carbonyl (C=O) groups excluding carboxylic acids is 4. The summed E-state index contributed by atoms with van der Waals surface area (Å²) in [6, 6.07) is 3.12. The van der Waals surface area contributed by atoms with Crippen LogP contribution in [0, 0.1) is 10.1 Å². The first-order valence-electron chi connectivity index (χ1n) is 12.9. The van der Waals surface area contributed by atoms with E-state index in [1.165, 1.54) is 0 Å². The highest BCUT2D eigenvalue weighted by molar-refractivity contribution is 7.53. The molecule has 1 heterocycles. The van der Waals surface area contributed by atoms with Crippen LogP contribution in [0.4, 0.5) is 5.69 Å². The molecule has 1 aromatic carbocycles. The van der Waals surface area contributed by atoms with Crippen molar-refractivity contribution in [3.63, 3.8) is 0 Å². The van der Waals surface area contributed by atoms with Gasteiger partial charge in [0.15, 0.2) is 23.7 Å². The summed E-state index contributed by atoms with van der Waals surface area (Å²) in [6.07, 6.45) is -7.60. The number of hydrogen-bond acceptors (Lipinski definition) is 15. The number of carbonyl (C=O) groups is 4. The van der Waals surface area contributed by atoms with E-state index in [4.69, 9.17) is 37.5 Å². The molecule has 1 saturated heterocycles. The van der Waals surface area contributed by atoms with Crippen molar-refractivity contribution < 1.29 is 66.1 Å². The molecule has 1 fully saturated rings. The van der Waals surface area contributed by atoms with Crippen LogP contribution in [0.2, 0.25) is 0 Å². The van der Waals surface area contributed by atoms with E-state index in [0.717, 1.165) is 45.9 Å². The van der Waals surface area contributed by atoms with Gasteiger partial charge in [-0.15, -0.1) is 0 Å². The maximum atomic E-state index is 13.2. The Morgan fingerprint density at radius 3 is 1.90 bits per heavy atom. The summed E-state index contributed by atoms with van der Waals surface area (Å²) < 4.78 is 57.1. The minimum Gasteiger partial charge on any atom is -0.457 e. The van der Waals surface area contributed by atoms with Gasteiger partial charge < -0.3 is 37.5 Å². The second-order valence-corrected chi connectivity index (χ2v) is 11.0. The molecule has 0 amide bonds. The number of esters is 4. The summed E-state index contributed by atoms with van der Waals surface area (Å²) in [5.41, 5.74) is -0.423. The molecule has 1 aliphatic rings. The minimum atomic E-state index is -3.63. The fourth-order valence-corrected chi connectivity index (χ4v) is 5.79. The third-order valence-corrected chi connectivity index (χ3v) is 7.58. The van der Waals surface area contributed by atoms with Gasteiger partial charge in [0.25, 0.3) is 5.69 Å². The van der Waals surface area contributed by atoms with Gasteiger partial charge in [-0.1, -0.05) is 0 Å². The van der Waals surface area contributed by atoms with E-state index in [0.29, 0.717) is 0 Å². The Labute approximate surface area is 241 Å². The predicted molar refractivity (Wildman–Crippen MR) is 141 cm³/mol. The Balaban J connectivity index is 2.60. The van der Waals surface area contributed by atoms with E-state index in [1.807, 2.05) is 0 Å². The average Bonchev–Trinajstić information content (AvgIpc) is 2.86. The standard InChI is InChI=1S/C25H34NO15P/c1-7-34-42(33,35-8-2)12-11-20-22(37-15(4)28)23(38-16(5)29)24(39-17(6)30)25(41-20)40-19-10-9-18(26(31)32)13-21(19)36-14(3)27/h9-10,13,20,22-25H,7-8,11-12H2,1-6H3/t20-,22-,23+,24+,25+/m1/s1. The van der Waals surface area contributed by atoms with Gasteiger partial charge >= 0.3 is 31.5 Å². The molecule has 2 rings (SSSR count). The van der Waals surface area contributed by atoms with E-state index in [1.54, 1.807) is 13.8 Å². The van der Waals surface area contributed by atoms with Crippen molar-refractivity contribution in [2.24, 2.45) is 0 Å². The van der Waals surface area contributed by atoms with Crippen LogP contribution in [0.3, 0.4) is 0 Å². The third-order valence-electron chi connectivity index (χ3n) is 5.47. The summed E-state index contributed by atoms with van der Waals surface area (Å²) in [5.74, 6) is -3.90. The van der Waals surface area contributed by atoms with Crippen LogP contribution in [0.15, 0.2) is 18.2 Å². The van der Waals surface area contributed by atoms with Gasteiger partial charge in [-0.25, -0.2) is 0 Å². The van der Waals surface area contributed by atoms with Crippen LogP contribution in [0.1, 0.15) is 48.0 Å². The largest absolute Gasteiger partial charge is 0.457 e. The number of nitrogens with zero attached hydrogens (tertiary/aromatic N) is 1. The summed E-state index contributed by atoms with van der Waals surface area (Å²) in [7, 11) is -3.63. The fourth-order valence-electron chi connectivity index (χ4n) is 4.09. The lowest BCUT2D eigenvalue weighted by atomic mass is 9.96. The van der Waals surface area contributed by atoms with Gasteiger partial charge in [0.05, 0.1) is 30.4 Å². The topological polar surface area (TPSA) is 202 Å². The second kappa shape index (κ2) is 15.6. The van der Waals surface area contributed by atoms with Gasteiger partial charge in [-0.05, 0) is 26.3 Å². The molecule has 1 aromatic rings. The Bertz CT molecular complexity index is 1190. The van der Waals surface area contributed by atoms with Crippen molar-refractivity contribution in [2.45, 2.75) is 78.7 Å². The Hall–Kier alpha value is -3.59. The smallest absolute Gasteiger partial charge is 0.330 e. The van der Waals surface area contributed by atoms with E-state index in [9.17, 15) is 33.9 Å². The average molecular weight is 620 g/mol. The lowest BCUT2D eigenvalue weighted by molar-refractivity contribution is -0.385. The monoisotopic (exact) mass is 619 g/mol. The number of hydrogen-bond donors (Lipinski definition) is 0. The van der Waals surface area contributed by atoms with E-state index in [-0.39, 0.29) is 37.3 Å². The first kappa shape index (κ1) is 34.6. The summed E-state index contributed by atoms with van der Waals surface area (Å²) in [4.78, 5) is 58.5. The van der Waals surface area contributed by atoms with Crippen molar-refractivity contribution in [3.8, 4) is 11.5 Å². The molecule has 0 unspecified atom stereocenters. The van der Waals surface area contributed by atoms with Gasteiger partial charge in [-0.3, -0.25) is 33.9 Å². The molecule has 0 bridgehead atoms. The number of nitro groups is 1. The number of non-ortho nitro benzene ring substituents is 1. The molecule has 0 saturated carbocycles. The molecule has 16 nitrogen and oxygen atoms in total. The molecule has 1 aliphatic heterocycles. The molecule has 234 valence electrons. The normalized spacial score (nSPS) is 22.0. The van der Waals surface area contributed by atoms with Gasteiger partial charge in [0, 0.05) is 33.8 Å². The van der Waals surface area contributed by atoms with Crippen molar-refractivity contribution >= 4 is 37.2 Å². The van der Waals surface area contributed by atoms with Crippen molar-refractivity contribution in [1.29, 1.82) is 0 Å². The van der Waals surface area contributed by atoms with E-state index >= 15 is 0 Å². The Morgan fingerprint density at radius 1 is 0.857 bits per heavy atom. The van der Waals surface area contributed by atoms with Gasteiger partial charge in [0.2, 0.25) is 12.4 Å². The van der Waals surface area contributed by atoms with Crippen LogP contribution in [0.25, 0.3) is 0 Å². The van der Waals surface area contributed by atoms with Crippen LogP contribution >= 0.6 is 7.60 Å². The van der Waals surface area contributed by atoms with E-state index in [2.05, 4.69) is 0 Å². The number of rotatable bonds is 14. The van der Waals surface area contributed by atoms with Crippen molar-refractivity contribution in [2.75, 3.05) is 19.4 Å². The molecule has 0 spiro atoms. The quantitative estimate of drug-likeness (QED) is 0.0733. The summed E-state index contributed by atoms with van der Waals surface area (Å²) >= 11 is 0. The van der Waals surface area contributed by atoms with Gasteiger partial charge in [-0.2, -0.15) is 0 Å². The third kappa shape index (κ3) is 10.0. The Kier molecular flexibility index (Phi) is 12.8. The predicted octanol–water partition coefficient (Wildman–Crippen LogP) is 3.08. The first-order valence-corrected chi connectivity index (χ1v) is 14.6. The maximum absolute atomic E-state index is 13.2. The first-order chi connectivity index (χ1) is 19.7. The highest BCUT2D eigenvalue weighted by Crippen LogP contribution is 2.49. The highest BCUT2D eigenvalue weighted by Gasteiger charge is 2.53. The molecule has 17 heteroatoms. The van der Waals surface area contributed by atoms with Crippen LogP contribution in [-0.4, -0.2) is 78.9 Å². The van der Waals surface area contributed by atoms with Crippen LogP contribution in [-0.2, 0) is 51.7 Å². The highest BCUT2D eigenvalue weighted by atomic mass is 31.2. The zero-order valence-electron chi connectivity index (χ0n) is 24.0. The lowest BCUT2D eigenvalue weighted by Gasteiger charge is -2.44. The minimum absolute atomic E-state index is 0.0750. The van der Waals surface area contributed by atoms with Crippen molar-refractivity contribution in [3.05, 3.63) is 28.3 Å². The SMILES string of the molecule is CCOP(=O)(CC[C@H]1O[C@H](Oc2ccc([N+](=O)[O-])cc2OC(C)=O)[C@@H](OC(C)=O)[C@@H](OC(C)=O)[C@@H]1OC(C)=O)OCC. The number of nitro benzene ring substituents is 1. The van der Waals surface area contributed by atoms with Crippen molar-refractivity contribution in [1.82, 2.24) is 0 Å². The molecule has 0 radical (unpaired) electrons. The van der Waals surface area contributed by atoms with E-state index < -0.39 is 72.8 Å². The lowest BCUT2D eigenvalue weighted by Crippen LogP contribution is -2.62. The van der Waals surface area contributed by atoms with Crippen LogP contribution in [0.5, 0.6) is 11.5 Å². The fraction of sp³-hybridized carbons (Fsp3) is 0.600. The van der Waals surface area contributed by atoms with Crippen LogP contribution < -0.4 is 9.47 Å².